The Morgan fingerprint density at radius 1 is 1.55 bits per heavy atom. The molecule has 0 aliphatic carbocycles. The van der Waals surface area contributed by atoms with Crippen LogP contribution in [0.2, 0.25) is 0 Å². The van der Waals surface area contributed by atoms with Crippen LogP contribution >= 0.6 is 0 Å². The van der Waals surface area contributed by atoms with E-state index in [0.717, 1.165) is 12.3 Å². The van der Waals surface area contributed by atoms with Gasteiger partial charge in [0, 0.05) is 12.3 Å². The van der Waals surface area contributed by atoms with Gasteiger partial charge in [-0.1, -0.05) is 0 Å². The first-order chi connectivity index (χ1) is 5.20. The summed E-state index contributed by atoms with van der Waals surface area (Å²) in [7, 11) is 0. The number of ether oxygens (including phenoxy) is 1. The number of carbonyl (C=O) groups is 1. The monoisotopic (exact) mass is 154 g/mol. The van der Waals surface area contributed by atoms with Crippen molar-refractivity contribution in [2.24, 2.45) is 0 Å². The maximum Gasteiger partial charge on any atom is 0.330 e. The van der Waals surface area contributed by atoms with Crippen LogP contribution < -0.4 is 0 Å². The molecule has 4 heteroatoms. The van der Waals surface area contributed by atoms with Gasteiger partial charge in [-0.3, -0.25) is 5.41 Å². The second-order valence-electron chi connectivity index (χ2n) is 1.69. The lowest BCUT2D eigenvalue weighted by Crippen LogP contribution is -2.00. The van der Waals surface area contributed by atoms with Gasteiger partial charge in [-0.25, -0.2) is 4.79 Å². The maximum atomic E-state index is 10.6. The predicted octanol–water partition coefficient (Wildman–Crippen LogP) is 0.775. The van der Waals surface area contributed by atoms with Gasteiger partial charge in [-0.15, -0.1) is 0 Å². The molecule has 60 valence electrons. The van der Waals surface area contributed by atoms with Gasteiger partial charge in [-0.2, -0.15) is 0 Å². The van der Waals surface area contributed by atoms with Gasteiger partial charge < -0.3 is 10.1 Å². The molecule has 0 fully saturated rings. The Morgan fingerprint density at radius 3 is 2.64 bits per heavy atom. The summed E-state index contributed by atoms with van der Waals surface area (Å²) < 4.78 is 4.54. The summed E-state index contributed by atoms with van der Waals surface area (Å²) >= 11 is 0. The van der Waals surface area contributed by atoms with Crippen LogP contribution in [0.4, 0.5) is 0 Å². The Hall–Kier alpha value is -1.45. The standard InChI is InChI=1S/C7H10N2O2/c1-2-11-7(10)4-3-6(9)5-8/h3-5,8-9H,2H2,1H3/b4-3+,8-5?,9-6?. The summed E-state index contributed by atoms with van der Waals surface area (Å²) in [6.07, 6.45) is 3.18. The molecule has 0 atom stereocenters. The molecule has 0 radical (unpaired) electrons. The van der Waals surface area contributed by atoms with Crippen LogP contribution in [0.3, 0.4) is 0 Å². The highest BCUT2D eigenvalue weighted by Crippen LogP contribution is 1.81. The quantitative estimate of drug-likeness (QED) is 0.356. The molecule has 4 nitrogen and oxygen atoms in total. The molecule has 2 N–H and O–H groups in total. The average molecular weight is 154 g/mol. The molecule has 0 amide bonds. The first-order valence-electron chi connectivity index (χ1n) is 3.14. The molecule has 0 aromatic heterocycles. The molecule has 0 saturated heterocycles. The summed E-state index contributed by atoms with van der Waals surface area (Å²) in [5.41, 5.74) is -0.0296. The van der Waals surface area contributed by atoms with Gasteiger partial charge in [0.2, 0.25) is 0 Å². The topological polar surface area (TPSA) is 74.0 Å². The lowest BCUT2D eigenvalue weighted by molar-refractivity contribution is -0.137. The van der Waals surface area contributed by atoms with Crippen LogP contribution in [0.1, 0.15) is 6.92 Å². The smallest absolute Gasteiger partial charge is 0.330 e. The van der Waals surface area contributed by atoms with Crippen LogP contribution in [0.25, 0.3) is 0 Å². The first-order valence-corrected chi connectivity index (χ1v) is 3.14. The fourth-order valence-corrected chi connectivity index (χ4v) is 0.396. The van der Waals surface area contributed by atoms with Gasteiger partial charge in [-0.05, 0) is 13.0 Å². The number of rotatable bonds is 4. The highest BCUT2D eigenvalue weighted by Gasteiger charge is 1.92. The Bertz CT molecular complexity index is 197. The Morgan fingerprint density at radius 2 is 2.18 bits per heavy atom. The molecule has 0 aromatic carbocycles. The van der Waals surface area contributed by atoms with Gasteiger partial charge in [0.15, 0.2) is 0 Å². The van der Waals surface area contributed by atoms with Crippen molar-refractivity contribution in [1.82, 2.24) is 0 Å². The van der Waals surface area contributed by atoms with E-state index in [1.807, 2.05) is 0 Å². The van der Waals surface area contributed by atoms with E-state index < -0.39 is 5.97 Å². The van der Waals surface area contributed by atoms with E-state index in [2.05, 4.69) is 4.74 Å². The number of carbonyl (C=O) groups excluding carboxylic acids is 1. The van der Waals surface area contributed by atoms with Gasteiger partial charge in [0.05, 0.1) is 12.3 Å². The summed E-state index contributed by atoms with van der Waals surface area (Å²) in [5.74, 6) is -0.487. The highest BCUT2D eigenvalue weighted by atomic mass is 16.5. The SMILES string of the molecule is CCOC(=O)/C=C/C(=N)C=N. The van der Waals surface area contributed by atoms with Crippen molar-refractivity contribution in [2.45, 2.75) is 6.92 Å². The molecule has 11 heavy (non-hydrogen) atoms. The number of hydrogen-bond donors (Lipinski definition) is 2. The van der Waals surface area contributed by atoms with Crippen LogP contribution in [-0.2, 0) is 9.53 Å². The zero-order chi connectivity index (χ0) is 8.69. The van der Waals surface area contributed by atoms with Crippen molar-refractivity contribution in [3.8, 4) is 0 Å². The molecular formula is C7H10N2O2. The minimum atomic E-state index is -0.487. The van der Waals surface area contributed by atoms with Gasteiger partial charge in [0.1, 0.15) is 0 Å². The normalized spacial score (nSPS) is 9.55. The third kappa shape index (κ3) is 5.02. The largest absolute Gasteiger partial charge is 0.463 e. The van der Waals surface area contributed by atoms with E-state index in [1.165, 1.54) is 6.08 Å². The zero-order valence-electron chi connectivity index (χ0n) is 6.26. The number of esters is 1. The Labute approximate surface area is 64.9 Å². The number of nitrogens with one attached hydrogen (secondary N) is 2. The maximum absolute atomic E-state index is 10.6. The second-order valence-corrected chi connectivity index (χ2v) is 1.69. The van der Waals surface area contributed by atoms with E-state index in [1.54, 1.807) is 6.92 Å². The van der Waals surface area contributed by atoms with E-state index in [4.69, 9.17) is 10.8 Å². The van der Waals surface area contributed by atoms with E-state index in [0.29, 0.717) is 6.61 Å². The summed E-state index contributed by atoms with van der Waals surface area (Å²) in [6, 6.07) is 0. The van der Waals surface area contributed by atoms with E-state index in [-0.39, 0.29) is 5.71 Å². The van der Waals surface area contributed by atoms with Crippen LogP contribution in [0, 0.1) is 10.8 Å². The van der Waals surface area contributed by atoms with E-state index >= 15 is 0 Å². The number of allylic oxidation sites excluding steroid dienone is 1. The second kappa shape index (κ2) is 5.34. The number of hydrogen-bond acceptors (Lipinski definition) is 4. The molecule has 0 saturated carbocycles. The van der Waals surface area contributed by atoms with Crippen molar-refractivity contribution in [1.29, 1.82) is 10.8 Å². The zero-order valence-corrected chi connectivity index (χ0v) is 6.26. The lowest BCUT2D eigenvalue weighted by atomic mass is 10.3. The molecule has 0 unspecified atom stereocenters. The lowest BCUT2D eigenvalue weighted by Gasteiger charge is -1.93. The average Bonchev–Trinajstić information content (AvgIpc) is 2.01. The fraction of sp³-hybridized carbons (Fsp3) is 0.286. The van der Waals surface area contributed by atoms with E-state index in [9.17, 15) is 4.79 Å². The van der Waals surface area contributed by atoms with Crippen LogP contribution in [-0.4, -0.2) is 24.5 Å². The third-order valence-corrected chi connectivity index (χ3v) is 0.841. The predicted molar refractivity (Wildman–Crippen MR) is 42.3 cm³/mol. The molecule has 0 rings (SSSR count). The van der Waals surface area contributed by atoms with Crippen molar-refractivity contribution in [3.05, 3.63) is 12.2 Å². The summed E-state index contributed by atoms with van der Waals surface area (Å²) in [5, 5.41) is 13.5. The molecule has 0 heterocycles. The third-order valence-electron chi connectivity index (χ3n) is 0.841. The van der Waals surface area contributed by atoms with Gasteiger partial charge >= 0.3 is 5.97 Å². The van der Waals surface area contributed by atoms with Crippen molar-refractivity contribution in [3.63, 3.8) is 0 Å². The fourth-order valence-electron chi connectivity index (χ4n) is 0.396. The Balaban J connectivity index is 3.82. The van der Waals surface area contributed by atoms with Crippen molar-refractivity contribution < 1.29 is 9.53 Å². The minimum Gasteiger partial charge on any atom is -0.463 e. The van der Waals surface area contributed by atoms with Crippen LogP contribution in [0.15, 0.2) is 12.2 Å². The molecule has 0 bridgehead atoms. The first kappa shape index (κ1) is 9.55. The molecular weight excluding hydrogens is 144 g/mol. The summed E-state index contributed by atoms with van der Waals surface area (Å²) in [4.78, 5) is 10.6. The Kier molecular flexibility index (Phi) is 4.64. The molecule has 0 aliphatic heterocycles. The highest BCUT2D eigenvalue weighted by molar-refractivity contribution is 6.33. The van der Waals surface area contributed by atoms with Crippen LogP contribution in [0.5, 0.6) is 0 Å². The van der Waals surface area contributed by atoms with Gasteiger partial charge in [0.25, 0.3) is 0 Å². The van der Waals surface area contributed by atoms with Crippen molar-refractivity contribution >= 4 is 17.9 Å². The molecule has 0 spiro atoms. The molecule has 0 aliphatic rings. The van der Waals surface area contributed by atoms with Crippen molar-refractivity contribution in [2.75, 3.05) is 6.61 Å². The summed E-state index contributed by atoms with van der Waals surface area (Å²) in [6.45, 7) is 2.02. The molecule has 0 aromatic rings. The minimum absolute atomic E-state index is 0.0296.